The quantitative estimate of drug-likeness (QED) is 0.641. The van der Waals surface area contributed by atoms with E-state index in [1.807, 2.05) is 29.6 Å². The predicted molar refractivity (Wildman–Crippen MR) is 72.9 cm³/mol. The SMILES string of the molecule is NC(N)=Nc1nc([C@H]2COc3ccccc3O2)cs1. The van der Waals surface area contributed by atoms with Gasteiger partial charge in [0.25, 0.3) is 0 Å². The van der Waals surface area contributed by atoms with Crippen molar-refractivity contribution in [1.82, 2.24) is 4.98 Å². The van der Waals surface area contributed by atoms with Crippen LogP contribution < -0.4 is 20.9 Å². The molecule has 0 saturated heterocycles. The van der Waals surface area contributed by atoms with Gasteiger partial charge in [-0.2, -0.15) is 4.99 Å². The monoisotopic (exact) mass is 276 g/mol. The summed E-state index contributed by atoms with van der Waals surface area (Å²) < 4.78 is 11.5. The first-order valence-electron chi connectivity index (χ1n) is 5.66. The number of nitrogens with zero attached hydrogens (tertiary/aromatic N) is 2. The fraction of sp³-hybridized carbons (Fsp3) is 0.167. The van der Waals surface area contributed by atoms with Gasteiger partial charge in [-0.25, -0.2) is 4.98 Å². The highest BCUT2D eigenvalue weighted by atomic mass is 32.1. The molecule has 0 amide bonds. The number of ether oxygens (including phenoxy) is 2. The normalized spacial score (nSPS) is 16.9. The molecule has 19 heavy (non-hydrogen) atoms. The number of para-hydroxylation sites is 2. The van der Waals surface area contributed by atoms with Gasteiger partial charge in [0.15, 0.2) is 23.6 Å². The number of hydrogen-bond acceptors (Lipinski definition) is 5. The molecule has 0 aliphatic carbocycles. The summed E-state index contributed by atoms with van der Waals surface area (Å²) in [6.45, 7) is 0.419. The second kappa shape index (κ2) is 4.77. The van der Waals surface area contributed by atoms with Crippen LogP contribution in [0.15, 0.2) is 34.6 Å². The van der Waals surface area contributed by atoms with E-state index in [0.29, 0.717) is 11.7 Å². The summed E-state index contributed by atoms with van der Waals surface area (Å²) in [5.74, 6) is 1.46. The maximum absolute atomic E-state index is 5.84. The minimum absolute atomic E-state index is 0.00735. The van der Waals surface area contributed by atoms with Gasteiger partial charge < -0.3 is 20.9 Å². The maximum atomic E-state index is 5.84. The Morgan fingerprint density at radius 1 is 1.32 bits per heavy atom. The number of fused-ring (bicyclic) bond motifs is 1. The van der Waals surface area contributed by atoms with Crippen LogP contribution in [0, 0.1) is 0 Å². The van der Waals surface area contributed by atoms with Crippen molar-refractivity contribution in [3.63, 3.8) is 0 Å². The predicted octanol–water partition coefficient (Wildman–Crippen LogP) is 1.56. The lowest BCUT2D eigenvalue weighted by Crippen LogP contribution is -2.22. The summed E-state index contributed by atoms with van der Waals surface area (Å²) in [4.78, 5) is 8.22. The highest BCUT2D eigenvalue weighted by molar-refractivity contribution is 7.13. The number of nitrogens with two attached hydrogens (primary N) is 2. The Balaban J connectivity index is 1.81. The minimum Gasteiger partial charge on any atom is -0.485 e. The van der Waals surface area contributed by atoms with Crippen LogP contribution in [0.2, 0.25) is 0 Å². The highest BCUT2D eigenvalue weighted by Gasteiger charge is 2.24. The van der Waals surface area contributed by atoms with Crippen molar-refractivity contribution >= 4 is 22.4 Å². The number of aliphatic imine (C=N–C) groups is 1. The molecule has 1 aliphatic rings. The lowest BCUT2D eigenvalue weighted by molar-refractivity contribution is 0.0888. The molecule has 1 aliphatic heterocycles. The van der Waals surface area contributed by atoms with E-state index in [-0.39, 0.29) is 12.1 Å². The third kappa shape index (κ3) is 2.45. The summed E-state index contributed by atoms with van der Waals surface area (Å²) in [7, 11) is 0. The van der Waals surface area contributed by atoms with Crippen LogP contribution in [0.4, 0.5) is 5.13 Å². The second-order valence-corrected chi connectivity index (χ2v) is 4.79. The van der Waals surface area contributed by atoms with E-state index in [4.69, 9.17) is 20.9 Å². The average molecular weight is 276 g/mol. The molecule has 3 rings (SSSR count). The molecule has 98 valence electrons. The van der Waals surface area contributed by atoms with Gasteiger partial charge in [-0.1, -0.05) is 12.1 Å². The molecule has 7 heteroatoms. The fourth-order valence-corrected chi connectivity index (χ4v) is 2.50. The van der Waals surface area contributed by atoms with Crippen molar-refractivity contribution < 1.29 is 9.47 Å². The van der Waals surface area contributed by atoms with Crippen molar-refractivity contribution in [2.75, 3.05) is 6.61 Å². The molecule has 1 aromatic heterocycles. The van der Waals surface area contributed by atoms with Crippen LogP contribution in [0.1, 0.15) is 11.8 Å². The molecule has 0 saturated carbocycles. The Morgan fingerprint density at radius 3 is 2.89 bits per heavy atom. The molecule has 2 heterocycles. The summed E-state index contributed by atoms with van der Waals surface area (Å²) in [6, 6.07) is 7.54. The van der Waals surface area contributed by atoms with Crippen molar-refractivity contribution in [2.24, 2.45) is 16.5 Å². The zero-order valence-corrected chi connectivity index (χ0v) is 10.8. The second-order valence-electron chi connectivity index (χ2n) is 3.96. The Bertz CT molecular complexity index is 622. The standard InChI is InChI=1S/C12H12N4O2S/c13-11(14)16-12-15-7(6-19-12)10-5-17-8-3-1-2-4-9(8)18-10/h1-4,6,10H,5H2,(H4,13,14,15,16)/t10-/m1/s1. The molecule has 0 spiro atoms. The Labute approximate surface area is 113 Å². The van der Waals surface area contributed by atoms with Crippen molar-refractivity contribution in [3.8, 4) is 11.5 Å². The first-order valence-corrected chi connectivity index (χ1v) is 6.54. The van der Waals surface area contributed by atoms with Crippen LogP contribution >= 0.6 is 11.3 Å². The van der Waals surface area contributed by atoms with Gasteiger partial charge >= 0.3 is 0 Å². The van der Waals surface area contributed by atoms with Crippen molar-refractivity contribution in [1.29, 1.82) is 0 Å². The number of benzene rings is 1. The van der Waals surface area contributed by atoms with Gasteiger partial charge in [0.1, 0.15) is 6.61 Å². The van der Waals surface area contributed by atoms with E-state index in [9.17, 15) is 0 Å². The van der Waals surface area contributed by atoms with Gasteiger partial charge in [-0.3, -0.25) is 0 Å². The molecule has 1 atom stereocenters. The van der Waals surface area contributed by atoms with Crippen LogP contribution in [0.3, 0.4) is 0 Å². The first kappa shape index (κ1) is 11.8. The van der Waals surface area contributed by atoms with Crippen LogP contribution in [0.25, 0.3) is 0 Å². The molecule has 1 aromatic carbocycles. The lowest BCUT2D eigenvalue weighted by Gasteiger charge is -2.25. The molecular weight excluding hydrogens is 264 g/mol. The average Bonchev–Trinajstić information content (AvgIpc) is 2.86. The van der Waals surface area contributed by atoms with Gasteiger partial charge in [0.05, 0.1) is 5.69 Å². The first-order chi connectivity index (χ1) is 9.22. The molecule has 0 radical (unpaired) electrons. The molecule has 0 unspecified atom stereocenters. The zero-order chi connectivity index (χ0) is 13.2. The van der Waals surface area contributed by atoms with Gasteiger partial charge in [-0.05, 0) is 12.1 Å². The number of hydrogen-bond donors (Lipinski definition) is 2. The highest BCUT2D eigenvalue weighted by Crippen LogP contribution is 2.36. The Hall–Kier alpha value is -2.28. The molecule has 0 fully saturated rings. The number of guanidine groups is 1. The fourth-order valence-electron chi connectivity index (χ4n) is 1.75. The summed E-state index contributed by atoms with van der Waals surface area (Å²) in [5.41, 5.74) is 11.4. The van der Waals surface area contributed by atoms with Crippen LogP contribution in [-0.2, 0) is 0 Å². The Morgan fingerprint density at radius 2 is 2.11 bits per heavy atom. The maximum Gasteiger partial charge on any atom is 0.212 e. The van der Waals surface area contributed by atoms with E-state index in [0.717, 1.165) is 17.2 Å². The van der Waals surface area contributed by atoms with E-state index >= 15 is 0 Å². The topological polar surface area (TPSA) is 95.8 Å². The minimum atomic E-state index is -0.242. The molecule has 0 bridgehead atoms. The van der Waals surface area contributed by atoms with E-state index in [1.54, 1.807) is 0 Å². The summed E-state index contributed by atoms with van der Waals surface area (Å²) in [5, 5.41) is 2.38. The van der Waals surface area contributed by atoms with Crippen molar-refractivity contribution in [3.05, 3.63) is 35.3 Å². The number of rotatable bonds is 2. The Kier molecular flexibility index (Phi) is 2.96. The summed E-state index contributed by atoms with van der Waals surface area (Å²) in [6.07, 6.45) is -0.242. The molecule has 2 aromatic rings. The van der Waals surface area contributed by atoms with Gasteiger partial charge in [0.2, 0.25) is 5.13 Å². The lowest BCUT2D eigenvalue weighted by atomic mass is 10.2. The zero-order valence-electron chi connectivity index (χ0n) is 9.95. The summed E-state index contributed by atoms with van der Waals surface area (Å²) >= 11 is 1.36. The molecule has 6 nitrogen and oxygen atoms in total. The number of aromatic nitrogens is 1. The molecular formula is C12H12N4O2S. The van der Waals surface area contributed by atoms with Crippen LogP contribution in [0.5, 0.6) is 11.5 Å². The number of thiazole rings is 1. The molecule has 4 N–H and O–H groups in total. The third-order valence-electron chi connectivity index (χ3n) is 2.57. The third-order valence-corrected chi connectivity index (χ3v) is 3.33. The van der Waals surface area contributed by atoms with Crippen molar-refractivity contribution in [2.45, 2.75) is 6.10 Å². The van der Waals surface area contributed by atoms with Gasteiger partial charge in [-0.15, -0.1) is 11.3 Å². The van der Waals surface area contributed by atoms with E-state index in [2.05, 4.69) is 9.98 Å². The van der Waals surface area contributed by atoms with E-state index in [1.165, 1.54) is 11.3 Å². The van der Waals surface area contributed by atoms with Gasteiger partial charge in [0, 0.05) is 5.38 Å². The van der Waals surface area contributed by atoms with Crippen LogP contribution in [-0.4, -0.2) is 17.6 Å². The van der Waals surface area contributed by atoms with E-state index < -0.39 is 0 Å². The largest absolute Gasteiger partial charge is 0.485 e. The smallest absolute Gasteiger partial charge is 0.212 e.